The van der Waals surface area contributed by atoms with Gasteiger partial charge in [0, 0.05) is 24.6 Å². The first-order valence-electron chi connectivity index (χ1n) is 8.15. The van der Waals surface area contributed by atoms with Gasteiger partial charge in [0.25, 0.3) is 0 Å². The van der Waals surface area contributed by atoms with E-state index >= 15 is 0 Å². The van der Waals surface area contributed by atoms with Gasteiger partial charge in [-0.05, 0) is 32.4 Å². The molecule has 1 heterocycles. The summed E-state index contributed by atoms with van der Waals surface area (Å²) in [6.07, 6.45) is 1.04. The Bertz CT molecular complexity index is 627. The van der Waals surface area contributed by atoms with Crippen molar-refractivity contribution in [1.82, 2.24) is 5.32 Å². The molecular formula is C18H26N2O4. The van der Waals surface area contributed by atoms with Gasteiger partial charge < -0.3 is 19.7 Å². The first kappa shape index (κ1) is 18.1. The number of nitrogens with zero attached hydrogens (tertiary/aromatic N) is 1. The highest BCUT2D eigenvalue weighted by Crippen LogP contribution is 2.35. The molecule has 24 heavy (non-hydrogen) atoms. The third-order valence-electron chi connectivity index (χ3n) is 4.52. The van der Waals surface area contributed by atoms with Gasteiger partial charge in [-0.15, -0.1) is 0 Å². The normalized spacial score (nSPS) is 17.8. The molecule has 1 N–H and O–H groups in total. The van der Waals surface area contributed by atoms with Crippen LogP contribution in [0.1, 0.15) is 33.6 Å². The predicted octanol–water partition coefficient (Wildman–Crippen LogP) is 2.36. The highest BCUT2D eigenvalue weighted by atomic mass is 16.5. The van der Waals surface area contributed by atoms with E-state index in [0.29, 0.717) is 23.7 Å². The Labute approximate surface area is 143 Å². The molecule has 0 bridgehead atoms. The third-order valence-corrected chi connectivity index (χ3v) is 4.52. The molecule has 1 aliphatic rings. The smallest absolute Gasteiger partial charge is 0.227 e. The zero-order chi connectivity index (χ0) is 17.9. The fourth-order valence-corrected chi connectivity index (χ4v) is 2.65. The molecule has 0 radical (unpaired) electrons. The van der Waals surface area contributed by atoms with Gasteiger partial charge in [-0.2, -0.15) is 0 Å². The van der Waals surface area contributed by atoms with Crippen LogP contribution in [0.15, 0.2) is 18.2 Å². The number of carbonyl (C=O) groups is 2. The number of anilines is 1. The summed E-state index contributed by atoms with van der Waals surface area (Å²) in [5.41, 5.74) is 0.388. The fourth-order valence-electron chi connectivity index (χ4n) is 2.65. The number of amides is 2. The molecular weight excluding hydrogens is 308 g/mol. The Hall–Kier alpha value is -2.24. The van der Waals surface area contributed by atoms with E-state index in [4.69, 9.17) is 9.47 Å². The van der Waals surface area contributed by atoms with Crippen molar-refractivity contribution in [2.75, 3.05) is 25.7 Å². The van der Waals surface area contributed by atoms with Crippen molar-refractivity contribution in [3.8, 4) is 11.5 Å². The Kier molecular flexibility index (Phi) is 5.36. The minimum atomic E-state index is -0.352. The minimum absolute atomic E-state index is 0.0760. The molecule has 1 fully saturated rings. The molecule has 0 spiro atoms. The molecule has 1 aromatic rings. The van der Waals surface area contributed by atoms with Crippen molar-refractivity contribution >= 4 is 17.5 Å². The van der Waals surface area contributed by atoms with Gasteiger partial charge in [-0.3, -0.25) is 9.59 Å². The van der Waals surface area contributed by atoms with Crippen LogP contribution in [-0.4, -0.2) is 38.1 Å². The lowest BCUT2D eigenvalue weighted by atomic mass is 9.99. The Morgan fingerprint density at radius 1 is 1.33 bits per heavy atom. The van der Waals surface area contributed by atoms with E-state index in [1.54, 1.807) is 37.3 Å². The van der Waals surface area contributed by atoms with Crippen LogP contribution in [0.3, 0.4) is 0 Å². The van der Waals surface area contributed by atoms with Crippen molar-refractivity contribution in [3.05, 3.63) is 18.2 Å². The largest absolute Gasteiger partial charge is 0.497 e. The maximum Gasteiger partial charge on any atom is 0.227 e. The first-order chi connectivity index (χ1) is 11.3. The standard InChI is InChI=1S/C18H26N2O4/c1-6-18(2,3)19-17(22)12-9-16(21)20(11-12)14-8-7-13(23-4)10-15(14)24-5/h7-8,10,12H,6,9,11H2,1-5H3,(H,19,22)/t12-/m1/s1. The number of carbonyl (C=O) groups excluding carboxylic acids is 2. The van der Waals surface area contributed by atoms with Gasteiger partial charge in [0.2, 0.25) is 11.8 Å². The highest BCUT2D eigenvalue weighted by molar-refractivity contribution is 6.01. The van der Waals surface area contributed by atoms with E-state index in [0.717, 1.165) is 6.42 Å². The molecule has 1 saturated heterocycles. The van der Waals surface area contributed by atoms with E-state index in [-0.39, 0.29) is 29.7 Å². The van der Waals surface area contributed by atoms with Crippen LogP contribution in [0.5, 0.6) is 11.5 Å². The SMILES string of the molecule is CCC(C)(C)NC(=O)[C@@H]1CC(=O)N(c2ccc(OC)cc2OC)C1. The van der Waals surface area contributed by atoms with Crippen LogP contribution in [0.25, 0.3) is 0 Å². The summed E-state index contributed by atoms with van der Waals surface area (Å²) in [4.78, 5) is 26.5. The summed E-state index contributed by atoms with van der Waals surface area (Å²) >= 11 is 0. The average molecular weight is 334 g/mol. The highest BCUT2D eigenvalue weighted by Gasteiger charge is 2.37. The van der Waals surface area contributed by atoms with E-state index in [1.165, 1.54) is 0 Å². The van der Waals surface area contributed by atoms with Crippen LogP contribution in [-0.2, 0) is 9.59 Å². The van der Waals surface area contributed by atoms with Crippen molar-refractivity contribution in [1.29, 1.82) is 0 Å². The number of rotatable bonds is 6. The monoisotopic (exact) mass is 334 g/mol. The zero-order valence-corrected chi connectivity index (χ0v) is 15.0. The van der Waals surface area contributed by atoms with Crippen LogP contribution in [0.2, 0.25) is 0 Å². The third kappa shape index (κ3) is 3.80. The van der Waals surface area contributed by atoms with E-state index < -0.39 is 0 Å². The molecule has 1 aromatic carbocycles. The van der Waals surface area contributed by atoms with Crippen LogP contribution < -0.4 is 19.7 Å². The van der Waals surface area contributed by atoms with Gasteiger partial charge in [0.15, 0.2) is 0 Å². The number of nitrogens with one attached hydrogen (secondary N) is 1. The molecule has 132 valence electrons. The number of hydrogen-bond acceptors (Lipinski definition) is 4. The second-order valence-corrected chi connectivity index (χ2v) is 6.67. The predicted molar refractivity (Wildman–Crippen MR) is 92.5 cm³/mol. The lowest BCUT2D eigenvalue weighted by Gasteiger charge is -2.26. The molecule has 2 rings (SSSR count). The van der Waals surface area contributed by atoms with Gasteiger partial charge in [0.05, 0.1) is 25.8 Å². The number of benzene rings is 1. The molecule has 6 nitrogen and oxygen atoms in total. The maximum atomic E-state index is 12.5. The lowest BCUT2D eigenvalue weighted by Crippen LogP contribution is -2.46. The Morgan fingerprint density at radius 2 is 2.04 bits per heavy atom. The average Bonchev–Trinajstić information content (AvgIpc) is 2.95. The fraction of sp³-hybridized carbons (Fsp3) is 0.556. The number of ether oxygens (including phenoxy) is 2. The Morgan fingerprint density at radius 3 is 2.62 bits per heavy atom. The minimum Gasteiger partial charge on any atom is -0.497 e. The number of hydrogen-bond donors (Lipinski definition) is 1. The lowest BCUT2D eigenvalue weighted by molar-refractivity contribution is -0.127. The first-order valence-corrected chi connectivity index (χ1v) is 8.15. The molecule has 2 amide bonds. The van der Waals surface area contributed by atoms with Crippen LogP contribution in [0, 0.1) is 5.92 Å². The van der Waals surface area contributed by atoms with Gasteiger partial charge in [0.1, 0.15) is 11.5 Å². The van der Waals surface area contributed by atoms with Crippen molar-refractivity contribution in [2.45, 2.75) is 39.2 Å². The maximum absolute atomic E-state index is 12.5. The summed E-state index contributed by atoms with van der Waals surface area (Å²) in [6, 6.07) is 5.29. The molecule has 6 heteroatoms. The van der Waals surface area contributed by atoms with E-state index in [2.05, 4.69) is 5.32 Å². The van der Waals surface area contributed by atoms with Crippen molar-refractivity contribution in [3.63, 3.8) is 0 Å². The van der Waals surface area contributed by atoms with Crippen molar-refractivity contribution in [2.24, 2.45) is 5.92 Å². The summed E-state index contributed by atoms with van der Waals surface area (Å²) in [5.74, 6) is 0.701. The van der Waals surface area contributed by atoms with Gasteiger partial charge in [-0.1, -0.05) is 6.92 Å². The second-order valence-electron chi connectivity index (χ2n) is 6.67. The molecule has 0 saturated carbocycles. The quantitative estimate of drug-likeness (QED) is 0.867. The molecule has 1 atom stereocenters. The summed E-state index contributed by atoms with van der Waals surface area (Å²) in [6.45, 7) is 6.33. The zero-order valence-electron chi connectivity index (χ0n) is 15.0. The van der Waals surface area contributed by atoms with E-state index in [9.17, 15) is 9.59 Å². The Balaban J connectivity index is 2.17. The molecule has 0 unspecified atom stereocenters. The van der Waals surface area contributed by atoms with E-state index in [1.807, 2.05) is 20.8 Å². The summed E-state index contributed by atoms with van der Waals surface area (Å²) < 4.78 is 10.5. The molecule has 0 aliphatic carbocycles. The number of methoxy groups -OCH3 is 2. The second kappa shape index (κ2) is 7.11. The molecule has 1 aliphatic heterocycles. The topological polar surface area (TPSA) is 67.9 Å². The van der Waals surface area contributed by atoms with Crippen LogP contribution in [0.4, 0.5) is 5.69 Å². The van der Waals surface area contributed by atoms with Crippen LogP contribution >= 0.6 is 0 Å². The van der Waals surface area contributed by atoms with Crippen molar-refractivity contribution < 1.29 is 19.1 Å². The summed E-state index contributed by atoms with van der Waals surface area (Å²) in [5, 5.41) is 3.02. The van der Waals surface area contributed by atoms with Gasteiger partial charge in [-0.25, -0.2) is 0 Å². The van der Waals surface area contributed by atoms with Gasteiger partial charge >= 0.3 is 0 Å². The summed E-state index contributed by atoms with van der Waals surface area (Å²) in [7, 11) is 3.12. The molecule has 0 aromatic heterocycles.